The lowest BCUT2D eigenvalue weighted by Gasteiger charge is -2.42. The first-order valence-electron chi connectivity index (χ1n) is 13.0. The van der Waals surface area contributed by atoms with Gasteiger partial charge in [-0.3, -0.25) is 9.58 Å². The van der Waals surface area contributed by atoms with Crippen molar-refractivity contribution < 1.29 is 28.6 Å². The molecule has 1 aromatic heterocycles. The van der Waals surface area contributed by atoms with Crippen LogP contribution in [-0.4, -0.2) is 56.2 Å². The van der Waals surface area contributed by atoms with Gasteiger partial charge in [-0.05, 0) is 83.9 Å². The molecule has 10 heteroatoms. The van der Waals surface area contributed by atoms with E-state index in [1.807, 2.05) is 57.6 Å². The third-order valence-corrected chi connectivity index (χ3v) is 7.09. The molecule has 2 amide bonds. The number of fused-ring (bicyclic) bond motifs is 1. The molecule has 3 heterocycles. The van der Waals surface area contributed by atoms with Gasteiger partial charge in [-0.15, -0.1) is 0 Å². The number of benzene rings is 2. The monoisotopic (exact) mass is 536 g/mol. The number of halogens is 1. The number of carboxylic acid groups (broad SMARTS) is 1. The summed E-state index contributed by atoms with van der Waals surface area (Å²) in [5, 5.41) is 14.6. The number of carbonyl (C=O) groups excluding carboxylic acids is 1. The number of amides is 2. The van der Waals surface area contributed by atoms with Gasteiger partial charge in [0, 0.05) is 41.5 Å². The quantitative estimate of drug-likeness (QED) is 0.410. The SMILES string of the molecule is CC(C)(C)OC(=O)N1CC(n2cc(-c3ccc4c(c3Oc3ccc(F)cc3)CCC(C)(C)N4C(=O)O)cn2)C1. The van der Waals surface area contributed by atoms with Crippen LogP contribution in [0.1, 0.15) is 52.6 Å². The highest BCUT2D eigenvalue weighted by Crippen LogP contribution is 2.47. The summed E-state index contributed by atoms with van der Waals surface area (Å²) in [4.78, 5) is 27.6. The van der Waals surface area contributed by atoms with Crippen LogP contribution in [0.15, 0.2) is 48.8 Å². The first-order valence-corrected chi connectivity index (χ1v) is 13.0. The van der Waals surface area contributed by atoms with Crippen molar-refractivity contribution in [3.05, 3.63) is 60.2 Å². The molecule has 5 rings (SSSR count). The summed E-state index contributed by atoms with van der Waals surface area (Å²) in [6.45, 7) is 10.3. The topological polar surface area (TPSA) is 97.1 Å². The largest absolute Gasteiger partial charge is 0.465 e. The molecule has 0 atom stereocenters. The summed E-state index contributed by atoms with van der Waals surface area (Å²) in [5.74, 6) is 0.584. The third-order valence-electron chi connectivity index (χ3n) is 7.09. The van der Waals surface area contributed by atoms with Crippen molar-refractivity contribution in [2.24, 2.45) is 0 Å². The van der Waals surface area contributed by atoms with Crippen molar-refractivity contribution in [3.8, 4) is 22.6 Å². The van der Waals surface area contributed by atoms with Crippen molar-refractivity contribution >= 4 is 17.9 Å². The Hall–Kier alpha value is -4.08. The Morgan fingerprint density at radius 3 is 2.44 bits per heavy atom. The van der Waals surface area contributed by atoms with Gasteiger partial charge in [0.2, 0.25) is 0 Å². The third kappa shape index (κ3) is 5.28. The number of likely N-dealkylation sites (tertiary alicyclic amines) is 1. The van der Waals surface area contributed by atoms with Gasteiger partial charge >= 0.3 is 12.2 Å². The Kier molecular flexibility index (Phi) is 6.52. The summed E-state index contributed by atoms with van der Waals surface area (Å²) >= 11 is 0. The number of hydrogen-bond donors (Lipinski definition) is 1. The molecule has 0 spiro atoms. The molecule has 39 heavy (non-hydrogen) atoms. The van der Waals surface area contributed by atoms with E-state index in [1.54, 1.807) is 23.2 Å². The second-order valence-electron chi connectivity index (χ2n) is 11.7. The number of nitrogens with zero attached hydrogens (tertiary/aromatic N) is 4. The Bertz CT molecular complexity index is 1400. The molecule has 1 saturated heterocycles. The maximum absolute atomic E-state index is 13.6. The van der Waals surface area contributed by atoms with Crippen LogP contribution in [0.25, 0.3) is 11.1 Å². The summed E-state index contributed by atoms with van der Waals surface area (Å²) in [6, 6.07) is 9.39. The van der Waals surface area contributed by atoms with E-state index < -0.39 is 17.2 Å². The Balaban J connectivity index is 1.47. The summed E-state index contributed by atoms with van der Waals surface area (Å²) in [6.07, 6.45) is 3.47. The molecule has 1 N–H and O–H groups in total. The lowest BCUT2D eigenvalue weighted by atomic mass is 9.85. The van der Waals surface area contributed by atoms with Crippen molar-refractivity contribution in [1.29, 1.82) is 0 Å². The van der Waals surface area contributed by atoms with Crippen LogP contribution in [-0.2, 0) is 11.2 Å². The fraction of sp³-hybridized carbons (Fsp3) is 0.414. The van der Waals surface area contributed by atoms with E-state index in [0.29, 0.717) is 43.1 Å². The zero-order chi connectivity index (χ0) is 28.1. The average Bonchev–Trinajstić information content (AvgIpc) is 3.26. The minimum atomic E-state index is -1.03. The number of aromatic nitrogens is 2. The standard InChI is InChI=1S/C29H33FN4O5/c1-28(2,3)39-27(37)32-16-20(17-32)33-15-18(14-31-33)22-10-11-24-23(12-13-29(4,5)34(24)26(35)36)25(22)38-21-8-6-19(30)7-9-21/h6-11,14-15,20H,12-13,16-17H2,1-5H3,(H,35,36). The summed E-state index contributed by atoms with van der Waals surface area (Å²) < 4.78 is 27.2. The molecule has 0 radical (unpaired) electrons. The van der Waals surface area contributed by atoms with Crippen LogP contribution < -0.4 is 9.64 Å². The molecule has 0 saturated carbocycles. The van der Waals surface area contributed by atoms with E-state index in [1.165, 1.54) is 17.0 Å². The predicted molar refractivity (Wildman–Crippen MR) is 144 cm³/mol. The first kappa shape index (κ1) is 26.5. The van der Waals surface area contributed by atoms with Crippen molar-refractivity contribution in [2.45, 2.75) is 64.6 Å². The summed E-state index contributed by atoms with van der Waals surface area (Å²) in [5.41, 5.74) is 1.74. The zero-order valence-electron chi connectivity index (χ0n) is 22.8. The number of rotatable bonds is 4. The highest BCUT2D eigenvalue weighted by atomic mass is 19.1. The molecule has 0 unspecified atom stereocenters. The van der Waals surface area contributed by atoms with Crippen molar-refractivity contribution in [3.63, 3.8) is 0 Å². The molecule has 0 bridgehead atoms. The van der Waals surface area contributed by atoms with E-state index in [2.05, 4.69) is 5.10 Å². The van der Waals surface area contributed by atoms with Crippen molar-refractivity contribution in [2.75, 3.05) is 18.0 Å². The summed E-state index contributed by atoms with van der Waals surface area (Å²) in [7, 11) is 0. The van der Waals surface area contributed by atoms with Crippen LogP contribution in [0.2, 0.25) is 0 Å². The van der Waals surface area contributed by atoms with E-state index in [-0.39, 0.29) is 18.0 Å². The number of anilines is 1. The Morgan fingerprint density at radius 2 is 1.79 bits per heavy atom. The van der Waals surface area contributed by atoms with Gasteiger partial charge in [-0.2, -0.15) is 5.10 Å². The van der Waals surface area contributed by atoms with E-state index in [0.717, 1.165) is 16.7 Å². The van der Waals surface area contributed by atoms with Crippen LogP contribution in [0.4, 0.5) is 19.7 Å². The fourth-order valence-corrected chi connectivity index (χ4v) is 5.04. The second-order valence-corrected chi connectivity index (χ2v) is 11.7. The minimum absolute atomic E-state index is 0.00802. The average molecular weight is 537 g/mol. The van der Waals surface area contributed by atoms with Gasteiger partial charge in [0.05, 0.1) is 17.9 Å². The number of hydrogen-bond acceptors (Lipinski definition) is 5. The highest BCUT2D eigenvalue weighted by molar-refractivity contribution is 5.92. The lowest BCUT2D eigenvalue weighted by Crippen LogP contribution is -2.52. The molecule has 2 aliphatic heterocycles. The predicted octanol–water partition coefficient (Wildman–Crippen LogP) is 6.48. The minimum Gasteiger partial charge on any atom is -0.465 e. The van der Waals surface area contributed by atoms with Gasteiger partial charge in [-0.25, -0.2) is 14.0 Å². The second kappa shape index (κ2) is 9.59. The molecule has 0 aliphatic carbocycles. The van der Waals surface area contributed by atoms with Gasteiger partial charge < -0.3 is 19.5 Å². The molecule has 1 fully saturated rings. The van der Waals surface area contributed by atoms with Gasteiger partial charge in [0.15, 0.2) is 0 Å². The van der Waals surface area contributed by atoms with Crippen LogP contribution in [0.5, 0.6) is 11.5 Å². The van der Waals surface area contributed by atoms with Gasteiger partial charge in [-0.1, -0.05) is 0 Å². The van der Waals surface area contributed by atoms with E-state index in [9.17, 15) is 19.1 Å². The number of ether oxygens (including phenoxy) is 2. The highest BCUT2D eigenvalue weighted by Gasteiger charge is 2.39. The maximum atomic E-state index is 13.6. The van der Waals surface area contributed by atoms with E-state index in [4.69, 9.17) is 9.47 Å². The molecule has 206 valence electrons. The molecular weight excluding hydrogens is 503 g/mol. The molecule has 2 aliphatic rings. The Morgan fingerprint density at radius 1 is 1.10 bits per heavy atom. The van der Waals surface area contributed by atoms with Crippen LogP contribution in [0.3, 0.4) is 0 Å². The smallest absolute Gasteiger partial charge is 0.412 e. The maximum Gasteiger partial charge on any atom is 0.412 e. The molecule has 2 aromatic carbocycles. The van der Waals surface area contributed by atoms with E-state index >= 15 is 0 Å². The van der Waals surface area contributed by atoms with Crippen molar-refractivity contribution in [1.82, 2.24) is 14.7 Å². The molecular formula is C29H33FN4O5. The van der Waals surface area contributed by atoms with Gasteiger partial charge in [0.25, 0.3) is 0 Å². The van der Waals surface area contributed by atoms with Crippen LogP contribution in [0, 0.1) is 5.82 Å². The normalized spacial score (nSPS) is 16.9. The zero-order valence-corrected chi connectivity index (χ0v) is 22.8. The molecule has 9 nitrogen and oxygen atoms in total. The number of carbonyl (C=O) groups is 2. The first-order chi connectivity index (χ1) is 18.3. The molecule has 3 aromatic rings. The van der Waals surface area contributed by atoms with Gasteiger partial charge in [0.1, 0.15) is 22.9 Å². The Labute approximate surface area is 226 Å². The van der Waals surface area contributed by atoms with Crippen LogP contribution >= 0.6 is 0 Å². The fourth-order valence-electron chi connectivity index (χ4n) is 5.04. The lowest BCUT2D eigenvalue weighted by molar-refractivity contribution is -0.000389.